The summed E-state index contributed by atoms with van der Waals surface area (Å²) in [5.41, 5.74) is 2.89. The van der Waals surface area contributed by atoms with Crippen molar-refractivity contribution in [2.45, 2.75) is 17.0 Å². The number of carbonyl (C=O) groups excluding carboxylic acids is 1. The van der Waals surface area contributed by atoms with Gasteiger partial charge in [0.05, 0.1) is 18.8 Å². The first-order valence-electron chi connectivity index (χ1n) is 11.2. The van der Waals surface area contributed by atoms with Crippen molar-refractivity contribution in [3.63, 3.8) is 0 Å². The van der Waals surface area contributed by atoms with Gasteiger partial charge in [0.1, 0.15) is 11.7 Å². The van der Waals surface area contributed by atoms with Gasteiger partial charge in [-0.05, 0) is 35.4 Å². The molecule has 2 N–H and O–H groups in total. The quantitative estimate of drug-likeness (QED) is 0.316. The molecule has 1 aliphatic rings. The van der Waals surface area contributed by atoms with E-state index in [1.54, 1.807) is 36.3 Å². The molecule has 0 saturated heterocycles. The third-order valence-electron chi connectivity index (χ3n) is 5.83. The number of ether oxygens (including phenoxy) is 1. The number of rotatable bonds is 7. The van der Waals surface area contributed by atoms with Gasteiger partial charge in [-0.15, -0.1) is 5.10 Å². The van der Waals surface area contributed by atoms with Crippen LogP contribution in [-0.4, -0.2) is 32.8 Å². The maximum Gasteiger partial charge on any atom is 0.236 e. The Balaban J connectivity index is 1.47. The number of thioether (sulfide) groups is 1. The van der Waals surface area contributed by atoms with Gasteiger partial charge in [0.15, 0.2) is 0 Å². The van der Waals surface area contributed by atoms with Crippen molar-refractivity contribution in [1.82, 2.24) is 19.7 Å². The van der Waals surface area contributed by atoms with Crippen LogP contribution in [0.3, 0.4) is 0 Å². The second-order valence-electron chi connectivity index (χ2n) is 8.09. The number of aromatic nitrogens is 4. The molecule has 4 aromatic rings. The normalized spacial score (nSPS) is 16.7. The van der Waals surface area contributed by atoms with E-state index >= 15 is 0 Å². The van der Waals surface area contributed by atoms with Crippen LogP contribution in [0.4, 0.5) is 11.6 Å². The van der Waals surface area contributed by atoms with Crippen LogP contribution in [0.15, 0.2) is 90.5 Å². The third-order valence-corrected chi connectivity index (χ3v) is 7.08. The largest absolute Gasteiger partial charge is 0.495 e. The number of anilines is 2. The first kappa shape index (κ1) is 23.9. The summed E-state index contributed by atoms with van der Waals surface area (Å²) in [6.07, 6.45) is 3.42. The summed E-state index contributed by atoms with van der Waals surface area (Å²) in [6, 6.07) is 18.2. The van der Waals surface area contributed by atoms with E-state index in [0.717, 1.165) is 11.1 Å². The summed E-state index contributed by atoms with van der Waals surface area (Å²) in [7, 11) is 1.56. The van der Waals surface area contributed by atoms with Gasteiger partial charge < -0.3 is 15.4 Å². The number of fused-ring (bicyclic) bond motifs is 1. The second-order valence-corrected chi connectivity index (χ2v) is 9.44. The molecule has 0 saturated carbocycles. The van der Waals surface area contributed by atoms with Crippen molar-refractivity contribution in [2.24, 2.45) is 5.92 Å². The fourth-order valence-corrected chi connectivity index (χ4v) is 5.21. The number of halogens is 1. The number of para-hydroxylation sites is 2. The Kier molecular flexibility index (Phi) is 6.92. The van der Waals surface area contributed by atoms with Crippen LogP contribution in [0.2, 0.25) is 5.02 Å². The number of methoxy groups -OCH3 is 1. The van der Waals surface area contributed by atoms with E-state index in [4.69, 9.17) is 21.4 Å². The van der Waals surface area contributed by atoms with E-state index < -0.39 is 12.0 Å². The highest BCUT2D eigenvalue weighted by molar-refractivity contribution is 7.98. The van der Waals surface area contributed by atoms with Crippen LogP contribution in [0.25, 0.3) is 0 Å². The number of nitrogens with one attached hydrogen (secondary N) is 2. The summed E-state index contributed by atoms with van der Waals surface area (Å²) in [5, 5.41) is 12.2. The van der Waals surface area contributed by atoms with Crippen LogP contribution >= 0.6 is 23.4 Å². The Morgan fingerprint density at radius 3 is 2.78 bits per heavy atom. The average molecular weight is 519 g/mol. The molecule has 1 aliphatic heterocycles. The molecule has 0 bridgehead atoms. The molecule has 0 radical (unpaired) electrons. The SMILES string of the molecule is C=C1Nc2nc(SCc3ccccc3Cl)nn2C(c2cccnc2)C1C(=O)Nc1ccccc1OC. The van der Waals surface area contributed by atoms with Crippen molar-refractivity contribution in [2.75, 3.05) is 17.7 Å². The predicted molar refractivity (Wildman–Crippen MR) is 141 cm³/mol. The maximum absolute atomic E-state index is 13.6. The Bertz CT molecular complexity index is 1410. The molecule has 2 aromatic heterocycles. The summed E-state index contributed by atoms with van der Waals surface area (Å²) >= 11 is 7.78. The Labute approximate surface area is 217 Å². The zero-order chi connectivity index (χ0) is 25.1. The molecule has 1 amide bonds. The van der Waals surface area contributed by atoms with Crippen LogP contribution in [0.1, 0.15) is 17.2 Å². The highest BCUT2D eigenvalue weighted by atomic mass is 35.5. The predicted octanol–water partition coefficient (Wildman–Crippen LogP) is 5.41. The maximum atomic E-state index is 13.6. The van der Waals surface area contributed by atoms with Crippen molar-refractivity contribution < 1.29 is 9.53 Å². The second kappa shape index (κ2) is 10.4. The summed E-state index contributed by atoms with van der Waals surface area (Å²) in [4.78, 5) is 22.6. The lowest BCUT2D eigenvalue weighted by Gasteiger charge is -2.33. The molecule has 2 unspecified atom stereocenters. The first-order chi connectivity index (χ1) is 17.5. The molecule has 10 heteroatoms. The Hall–Kier alpha value is -3.82. The van der Waals surface area contributed by atoms with Gasteiger partial charge in [0, 0.05) is 28.9 Å². The molecular weight excluding hydrogens is 496 g/mol. The van der Waals surface area contributed by atoms with E-state index in [2.05, 4.69) is 27.2 Å². The molecule has 36 heavy (non-hydrogen) atoms. The molecule has 2 atom stereocenters. The standard InChI is InChI=1S/C26H23ClN6O2S/c1-16-22(24(34)30-20-11-5-6-12-21(20)35-2)23(17-9-7-13-28-14-17)33-25(29-16)31-26(32-33)36-15-18-8-3-4-10-19(18)27/h3-14,22-23H,1,15H2,2H3,(H,30,34)(H,29,31,32). The minimum atomic E-state index is -0.685. The zero-order valence-electron chi connectivity index (χ0n) is 19.4. The van der Waals surface area contributed by atoms with Gasteiger partial charge in [0.2, 0.25) is 17.0 Å². The van der Waals surface area contributed by atoms with Crippen LogP contribution in [0.5, 0.6) is 5.75 Å². The zero-order valence-corrected chi connectivity index (χ0v) is 21.0. The fourth-order valence-electron chi connectivity index (χ4n) is 4.10. The summed E-state index contributed by atoms with van der Waals surface area (Å²) < 4.78 is 7.13. The minimum absolute atomic E-state index is 0.253. The average Bonchev–Trinajstić information content (AvgIpc) is 3.30. The van der Waals surface area contributed by atoms with E-state index in [9.17, 15) is 4.79 Å². The summed E-state index contributed by atoms with van der Waals surface area (Å²) in [5.74, 6) is 0.751. The Morgan fingerprint density at radius 2 is 2.00 bits per heavy atom. The number of pyridine rings is 1. The van der Waals surface area contributed by atoms with Gasteiger partial charge in [-0.1, -0.05) is 66.3 Å². The number of hydrogen-bond donors (Lipinski definition) is 2. The van der Waals surface area contributed by atoms with Gasteiger partial charge in [-0.3, -0.25) is 9.78 Å². The molecule has 2 aromatic carbocycles. The lowest BCUT2D eigenvalue weighted by molar-refractivity contribution is -0.119. The minimum Gasteiger partial charge on any atom is -0.495 e. The lowest BCUT2D eigenvalue weighted by Crippen LogP contribution is -2.39. The lowest BCUT2D eigenvalue weighted by atomic mass is 9.89. The monoisotopic (exact) mass is 518 g/mol. The van der Waals surface area contributed by atoms with E-state index in [0.29, 0.717) is 39.0 Å². The van der Waals surface area contributed by atoms with Crippen LogP contribution < -0.4 is 15.4 Å². The van der Waals surface area contributed by atoms with Crippen LogP contribution in [-0.2, 0) is 10.5 Å². The fraction of sp³-hybridized carbons (Fsp3) is 0.154. The topological polar surface area (TPSA) is 94.0 Å². The highest BCUT2D eigenvalue weighted by Crippen LogP contribution is 2.39. The molecule has 182 valence electrons. The number of benzene rings is 2. The highest BCUT2D eigenvalue weighted by Gasteiger charge is 2.40. The Morgan fingerprint density at radius 1 is 1.19 bits per heavy atom. The number of hydrogen-bond acceptors (Lipinski definition) is 7. The molecular formula is C26H23ClN6O2S. The molecule has 0 spiro atoms. The number of amides is 1. The van der Waals surface area contributed by atoms with E-state index in [1.165, 1.54) is 11.8 Å². The van der Waals surface area contributed by atoms with Gasteiger partial charge >= 0.3 is 0 Å². The van der Waals surface area contributed by atoms with Gasteiger partial charge in [0.25, 0.3) is 0 Å². The number of nitrogens with zero attached hydrogens (tertiary/aromatic N) is 4. The van der Waals surface area contributed by atoms with E-state index in [1.807, 2.05) is 48.5 Å². The van der Waals surface area contributed by atoms with Gasteiger partial charge in [-0.2, -0.15) is 4.98 Å². The van der Waals surface area contributed by atoms with Crippen molar-refractivity contribution in [3.8, 4) is 5.75 Å². The molecule has 5 rings (SSSR count). The summed E-state index contributed by atoms with van der Waals surface area (Å²) in [6.45, 7) is 4.16. The molecule has 3 heterocycles. The molecule has 8 nitrogen and oxygen atoms in total. The smallest absolute Gasteiger partial charge is 0.236 e. The molecule has 0 aliphatic carbocycles. The van der Waals surface area contributed by atoms with Crippen molar-refractivity contribution in [3.05, 3.63) is 101 Å². The number of carbonyl (C=O) groups is 1. The molecule has 0 fully saturated rings. The van der Waals surface area contributed by atoms with Crippen LogP contribution in [0, 0.1) is 5.92 Å². The van der Waals surface area contributed by atoms with Crippen molar-refractivity contribution >= 4 is 40.9 Å². The third kappa shape index (κ3) is 4.80. The van der Waals surface area contributed by atoms with Crippen molar-refractivity contribution in [1.29, 1.82) is 0 Å². The van der Waals surface area contributed by atoms with E-state index in [-0.39, 0.29) is 5.91 Å². The first-order valence-corrected chi connectivity index (χ1v) is 12.5. The van der Waals surface area contributed by atoms with Gasteiger partial charge in [-0.25, -0.2) is 4.68 Å².